The average molecular weight is 354 g/mol. The third-order valence-corrected chi connectivity index (χ3v) is 3.92. The minimum atomic E-state index is -0.408. The van der Waals surface area contributed by atoms with Crippen LogP contribution in [0.15, 0.2) is 39.9 Å². The molecular weight excluding hydrogens is 340 g/mol. The van der Waals surface area contributed by atoms with Crippen molar-refractivity contribution in [2.24, 2.45) is 7.05 Å². The third kappa shape index (κ3) is 2.66. The number of benzene rings is 1. The Morgan fingerprint density at radius 3 is 3.00 bits per heavy atom. The molecule has 0 aliphatic heterocycles. The molecule has 0 unspecified atom stereocenters. The highest BCUT2D eigenvalue weighted by Gasteiger charge is 2.13. The van der Waals surface area contributed by atoms with Crippen molar-refractivity contribution in [2.45, 2.75) is 6.54 Å². The van der Waals surface area contributed by atoms with Crippen molar-refractivity contribution in [1.29, 1.82) is 0 Å². The number of carbonyl (C=O) groups excluding carboxylic acids is 1. The van der Waals surface area contributed by atoms with E-state index in [0.29, 0.717) is 28.0 Å². The molecule has 1 amide bonds. The van der Waals surface area contributed by atoms with Gasteiger partial charge in [-0.1, -0.05) is 0 Å². The summed E-state index contributed by atoms with van der Waals surface area (Å²) in [6, 6.07) is 5.27. The molecule has 26 heavy (non-hydrogen) atoms. The Labute approximate surface area is 146 Å². The van der Waals surface area contributed by atoms with Gasteiger partial charge in [0.2, 0.25) is 5.91 Å². The Bertz CT molecular complexity index is 1190. The van der Waals surface area contributed by atoms with E-state index in [9.17, 15) is 9.59 Å². The first-order chi connectivity index (χ1) is 12.5. The highest BCUT2D eigenvalue weighted by atomic mass is 16.5. The first kappa shape index (κ1) is 15.8. The lowest BCUT2D eigenvalue weighted by Gasteiger charge is -2.04. The number of rotatable bonds is 4. The fourth-order valence-electron chi connectivity index (χ4n) is 2.59. The van der Waals surface area contributed by atoms with Crippen LogP contribution in [0, 0.1) is 0 Å². The first-order valence-electron chi connectivity index (χ1n) is 7.66. The summed E-state index contributed by atoms with van der Waals surface area (Å²) in [5.74, 6) is 0.284. The average Bonchev–Trinajstić information content (AvgIpc) is 3.21. The summed E-state index contributed by atoms with van der Waals surface area (Å²) in [6.45, 7) is -0.0293. The molecule has 0 bridgehead atoms. The van der Waals surface area contributed by atoms with E-state index < -0.39 is 5.69 Å². The van der Waals surface area contributed by atoms with Crippen LogP contribution < -0.4 is 15.7 Å². The molecule has 3 heterocycles. The third-order valence-electron chi connectivity index (χ3n) is 3.92. The fourth-order valence-corrected chi connectivity index (χ4v) is 2.59. The largest absolute Gasteiger partial charge is 0.497 e. The molecule has 0 radical (unpaired) electrons. The lowest BCUT2D eigenvalue weighted by molar-refractivity contribution is -0.116. The topological polar surface area (TPSA) is 117 Å². The number of aryl methyl sites for hydroxylation is 1. The van der Waals surface area contributed by atoms with E-state index in [1.165, 1.54) is 17.1 Å². The van der Waals surface area contributed by atoms with Crippen LogP contribution in [0.4, 0.5) is 6.01 Å². The van der Waals surface area contributed by atoms with Gasteiger partial charge in [-0.2, -0.15) is 9.97 Å². The van der Waals surface area contributed by atoms with Gasteiger partial charge in [0, 0.05) is 13.1 Å². The Morgan fingerprint density at radius 2 is 2.19 bits per heavy atom. The zero-order chi connectivity index (χ0) is 18.3. The molecule has 0 atom stereocenters. The van der Waals surface area contributed by atoms with E-state index >= 15 is 0 Å². The zero-order valence-electron chi connectivity index (χ0n) is 14.0. The summed E-state index contributed by atoms with van der Waals surface area (Å²) in [6.07, 6.45) is 2.87. The van der Waals surface area contributed by atoms with Gasteiger partial charge in [0.25, 0.3) is 0 Å². The number of aromatic nitrogens is 5. The Balaban J connectivity index is 1.56. The highest BCUT2D eigenvalue weighted by Crippen LogP contribution is 2.23. The molecular formula is C16H14N6O4. The van der Waals surface area contributed by atoms with Crippen LogP contribution in [0.1, 0.15) is 0 Å². The van der Waals surface area contributed by atoms with E-state index in [4.69, 9.17) is 9.15 Å². The van der Waals surface area contributed by atoms with Crippen LogP contribution in [-0.2, 0) is 18.4 Å². The smallest absolute Gasteiger partial charge is 0.349 e. The molecule has 10 heteroatoms. The molecule has 0 aliphatic rings. The maximum absolute atomic E-state index is 12.3. The summed E-state index contributed by atoms with van der Waals surface area (Å²) < 4.78 is 13.5. The van der Waals surface area contributed by atoms with Gasteiger partial charge in [-0.05, 0) is 12.1 Å². The molecule has 10 nitrogen and oxygen atoms in total. The summed E-state index contributed by atoms with van der Waals surface area (Å²) in [4.78, 5) is 35.9. The molecule has 0 saturated carbocycles. The van der Waals surface area contributed by atoms with E-state index in [-0.39, 0.29) is 18.5 Å². The minimum Gasteiger partial charge on any atom is -0.497 e. The van der Waals surface area contributed by atoms with E-state index in [1.807, 2.05) is 0 Å². The van der Waals surface area contributed by atoms with Crippen molar-refractivity contribution in [3.63, 3.8) is 0 Å². The van der Waals surface area contributed by atoms with Crippen LogP contribution in [0.3, 0.4) is 0 Å². The number of hydrogen-bond donors (Lipinski definition) is 1. The molecule has 0 saturated heterocycles. The minimum absolute atomic E-state index is 0.0293. The maximum atomic E-state index is 12.3. The quantitative estimate of drug-likeness (QED) is 0.579. The van der Waals surface area contributed by atoms with Gasteiger partial charge in [-0.25, -0.2) is 9.78 Å². The maximum Gasteiger partial charge on any atom is 0.349 e. The predicted molar refractivity (Wildman–Crippen MR) is 92.0 cm³/mol. The number of amides is 1. The molecule has 0 aliphatic carbocycles. The first-order valence-corrected chi connectivity index (χ1v) is 7.66. The van der Waals surface area contributed by atoms with E-state index in [1.54, 1.807) is 36.9 Å². The van der Waals surface area contributed by atoms with Gasteiger partial charge in [0.05, 0.1) is 19.6 Å². The number of nitrogens with zero attached hydrogens (tertiary/aromatic N) is 5. The Kier molecular flexibility index (Phi) is 3.64. The molecule has 132 valence electrons. The van der Waals surface area contributed by atoms with Crippen LogP contribution in [-0.4, -0.2) is 37.1 Å². The molecule has 4 aromatic rings. The van der Waals surface area contributed by atoms with Crippen LogP contribution in [0.2, 0.25) is 0 Å². The molecule has 3 aromatic heterocycles. The van der Waals surface area contributed by atoms with Crippen molar-refractivity contribution in [3.05, 3.63) is 41.2 Å². The lowest BCUT2D eigenvalue weighted by Crippen LogP contribution is -2.21. The number of hydrogen-bond acceptors (Lipinski definition) is 7. The monoisotopic (exact) mass is 354 g/mol. The van der Waals surface area contributed by atoms with Gasteiger partial charge in [0.15, 0.2) is 11.2 Å². The number of fused-ring (bicyclic) bond motifs is 2. The number of anilines is 1. The van der Waals surface area contributed by atoms with Crippen molar-refractivity contribution < 1.29 is 13.9 Å². The second-order valence-electron chi connectivity index (χ2n) is 5.58. The molecule has 1 aromatic carbocycles. The van der Waals surface area contributed by atoms with Crippen LogP contribution in [0.25, 0.3) is 22.3 Å². The lowest BCUT2D eigenvalue weighted by atomic mass is 10.3. The number of methoxy groups -OCH3 is 1. The van der Waals surface area contributed by atoms with Crippen molar-refractivity contribution in [3.8, 4) is 5.75 Å². The standard InChI is InChI=1S/C16H14N6O4/c1-21-14-11(6-17-16(21)24)22(8-18-14)7-13(23)20-15-19-10-4-3-9(25-2)5-12(10)26-15/h3-6,8H,7H2,1-2H3,(H,19,20,23). The normalized spacial score (nSPS) is 11.2. The number of oxazole rings is 1. The second-order valence-corrected chi connectivity index (χ2v) is 5.58. The van der Waals surface area contributed by atoms with Crippen molar-refractivity contribution >= 4 is 34.2 Å². The number of nitrogens with one attached hydrogen (secondary N) is 1. The number of carbonyl (C=O) groups is 1. The van der Waals surface area contributed by atoms with E-state index in [0.717, 1.165) is 0 Å². The van der Waals surface area contributed by atoms with Crippen LogP contribution >= 0.6 is 0 Å². The number of imidazole rings is 1. The molecule has 0 fully saturated rings. The summed E-state index contributed by atoms with van der Waals surface area (Å²) in [5.41, 5.74) is 1.73. The Hall–Kier alpha value is -3.69. The fraction of sp³-hybridized carbons (Fsp3) is 0.188. The van der Waals surface area contributed by atoms with Crippen molar-refractivity contribution in [1.82, 2.24) is 24.1 Å². The molecule has 4 rings (SSSR count). The van der Waals surface area contributed by atoms with Gasteiger partial charge in [0.1, 0.15) is 23.3 Å². The molecule has 0 spiro atoms. The number of ether oxygens (including phenoxy) is 1. The summed E-state index contributed by atoms with van der Waals surface area (Å²) >= 11 is 0. The predicted octanol–water partition coefficient (Wildman–Crippen LogP) is 0.918. The SMILES string of the molecule is COc1ccc2nc(NC(=O)Cn3cnc4c3cnc(=O)n4C)oc2c1. The second kappa shape index (κ2) is 5.99. The van der Waals surface area contributed by atoms with Gasteiger partial charge in [-0.3, -0.25) is 14.7 Å². The van der Waals surface area contributed by atoms with Gasteiger partial charge >= 0.3 is 11.7 Å². The molecule has 1 N–H and O–H groups in total. The van der Waals surface area contributed by atoms with Gasteiger partial charge < -0.3 is 13.7 Å². The van der Waals surface area contributed by atoms with Gasteiger partial charge in [-0.15, -0.1) is 0 Å². The highest BCUT2D eigenvalue weighted by molar-refractivity contribution is 5.90. The van der Waals surface area contributed by atoms with Crippen molar-refractivity contribution in [2.75, 3.05) is 12.4 Å². The van der Waals surface area contributed by atoms with Crippen LogP contribution in [0.5, 0.6) is 5.75 Å². The zero-order valence-corrected chi connectivity index (χ0v) is 14.0. The summed E-state index contributed by atoms with van der Waals surface area (Å²) in [7, 11) is 3.13. The summed E-state index contributed by atoms with van der Waals surface area (Å²) in [5, 5.41) is 2.60. The Morgan fingerprint density at radius 1 is 1.35 bits per heavy atom. The van der Waals surface area contributed by atoms with E-state index in [2.05, 4.69) is 20.3 Å².